The highest BCUT2D eigenvalue weighted by Crippen LogP contribution is 2.30. The normalized spacial score (nSPS) is 12.2. The Morgan fingerprint density at radius 2 is 1.83 bits per heavy atom. The van der Waals surface area contributed by atoms with Gasteiger partial charge in [-0.25, -0.2) is 0 Å². The summed E-state index contributed by atoms with van der Waals surface area (Å²) in [4.78, 5) is 12.9. The van der Waals surface area contributed by atoms with Gasteiger partial charge in [-0.2, -0.15) is 4.68 Å². The molecule has 6 nitrogen and oxygen atoms in total. The van der Waals surface area contributed by atoms with Gasteiger partial charge >= 0.3 is 0 Å². The van der Waals surface area contributed by atoms with Crippen LogP contribution in [0.1, 0.15) is 48.9 Å². The van der Waals surface area contributed by atoms with E-state index in [9.17, 15) is 4.79 Å². The second-order valence-electron chi connectivity index (χ2n) is 7.61. The molecule has 0 saturated heterocycles. The van der Waals surface area contributed by atoms with Crippen LogP contribution in [0.2, 0.25) is 0 Å². The van der Waals surface area contributed by atoms with Crippen molar-refractivity contribution in [1.82, 2.24) is 20.2 Å². The Hall–Kier alpha value is -2.67. The van der Waals surface area contributed by atoms with Gasteiger partial charge in [-0.15, -0.1) is 5.10 Å². The summed E-state index contributed by atoms with van der Waals surface area (Å²) in [5.74, 6) is 0.256. The first-order chi connectivity index (χ1) is 13.8. The molecule has 1 atom stereocenters. The summed E-state index contributed by atoms with van der Waals surface area (Å²) >= 11 is 1.35. The van der Waals surface area contributed by atoms with E-state index in [2.05, 4.69) is 53.7 Å². The largest absolute Gasteiger partial charge is 0.325 e. The number of rotatable bonds is 6. The highest BCUT2D eigenvalue weighted by molar-refractivity contribution is 8.00. The lowest BCUT2D eigenvalue weighted by Gasteiger charge is -2.18. The zero-order valence-electron chi connectivity index (χ0n) is 17.7. The number of carbonyl (C=O) groups is 1. The number of benzene rings is 2. The first kappa shape index (κ1) is 21.0. The van der Waals surface area contributed by atoms with Gasteiger partial charge in [0.15, 0.2) is 0 Å². The van der Waals surface area contributed by atoms with Crippen LogP contribution in [0.25, 0.3) is 5.69 Å². The van der Waals surface area contributed by atoms with Crippen LogP contribution >= 0.6 is 11.8 Å². The molecule has 2 aromatic carbocycles. The van der Waals surface area contributed by atoms with Crippen molar-refractivity contribution in [2.45, 2.75) is 57.9 Å². The van der Waals surface area contributed by atoms with Gasteiger partial charge in [0.2, 0.25) is 11.1 Å². The van der Waals surface area contributed by atoms with E-state index in [0.717, 1.165) is 28.1 Å². The number of nitrogens with one attached hydrogen (secondary N) is 1. The maximum atomic E-state index is 12.9. The highest BCUT2D eigenvalue weighted by atomic mass is 32.2. The number of anilines is 1. The summed E-state index contributed by atoms with van der Waals surface area (Å²) in [5, 5.41) is 15.4. The molecule has 0 spiro atoms. The standard InChI is InChI=1S/C22H27N5OS/c1-13(2)18-9-7-8-15(4)20(18)23-21(28)17(6)29-22-24-25-26-27(22)19-11-10-14(3)12-16(19)5/h7-13,17H,1-6H3,(H,23,28)/t17-/m1/s1. The number of thioether (sulfide) groups is 1. The van der Waals surface area contributed by atoms with Crippen molar-refractivity contribution in [3.63, 3.8) is 0 Å². The number of hydrogen-bond donors (Lipinski definition) is 1. The number of aryl methyl sites for hydroxylation is 3. The SMILES string of the molecule is Cc1ccc(-n2nnnc2S[C@H](C)C(=O)Nc2c(C)cccc2C(C)C)c(C)c1. The molecule has 3 rings (SSSR count). The van der Waals surface area contributed by atoms with E-state index in [1.807, 2.05) is 45.0 Å². The fourth-order valence-electron chi connectivity index (χ4n) is 3.23. The average molecular weight is 410 g/mol. The van der Waals surface area contributed by atoms with Crippen LogP contribution in [-0.4, -0.2) is 31.4 Å². The minimum absolute atomic E-state index is 0.0682. The number of aromatic nitrogens is 4. The molecule has 3 aromatic rings. The fourth-order valence-corrected chi connectivity index (χ4v) is 4.03. The highest BCUT2D eigenvalue weighted by Gasteiger charge is 2.21. The molecule has 0 aliphatic rings. The maximum Gasteiger partial charge on any atom is 0.237 e. The summed E-state index contributed by atoms with van der Waals surface area (Å²) < 4.78 is 1.69. The second-order valence-corrected chi connectivity index (χ2v) is 8.91. The second kappa shape index (κ2) is 8.78. The van der Waals surface area contributed by atoms with Gasteiger partial charge < -0.3 is 5.32 Å². The lowest BCUT2D eigenvalue weighted by molar-refractivity contribution is -0.115. The van der Waals surface area contributed by atoms with Crippen molar-refractivity contribution in [2.24, 2.45) is 0 Å². The van der Waals surface area contributed by atoms with Gasteiger partial charge in [0, 0.05) is 5.69 Å². The Kier molecular flexibility index (Phi) is 6.37. The van der Waals surface area contributed by atoms with Gasteiger partial charge in [0.1, 0.15) is 0 Å². The molecular formula is C22H27N5OS. The molecule has 0 radical (unpaired) electrons. The van der Waals surface area contributed by atoms with Gasteiger partial charge in [-0.3, -0.25) is 4.79 Å². The van der Waals surface area contributed by atoms with Crippen molar-refractivity contribution < 1.29 is 4.79 Å². The molecule has 7 heteroatoms. The lowest BCUT2D eigenvalue weighted by Crippen LogP contribution is -2.24. The Labute approximate surface area is 176 Å². The molecule has 0 fully saturated rings. The van der Waals surface area contributed by atoms with Gasteiger partial charge in [-0.1, -0.05) is 61.5 Å². The predicted octanol–water partition coefficient (Wildman–Crippen LogP) is 4.83. The van der Waals surface area contributed by atoms with Crippen molar-refractivity contribution in [1.29, 1.82) is 0 Å². The third kappa shape index (κ3) is 4.67. The number of carbonyl (C=O) groups excluding carboxylic acids is 1. The topological polar surface area (TPSA) is 72.7 Å². The molecule has 0 unspecified atom stereocenters. The summed E-state index contributed by atoms with van der Waals surface area (Å²) in [5.41, 5.74) is 6.27. The van der Waals surface area contributed by atoms with Crippen LogP contribution in [0.3, 0.4) is 0 Å². The van der Waals surface area contributed by atoms with Gasteiger partial charge in [0.25, 0.3) is 0 Å². The lowest BCUT2D eigenvalue weighted by atomic mass is 9.98. The predicted molar refractivity (Wildman–Crippen MR) is 118 cm³/mol. The number of hydrogen-bond acceptors (Lipinski definition) is 5. The maximum absolute atomic E-state index is 12.9. The van der Waals surface area contributed by atoms with Crippen LogP contribution in [0.5, 0.6) is 0 Å². The Balaban J connectivity index is 1.80. The van der Waals surface area contributed by atoms with Crippen molar-refractivity contribution in [3.8, 4) is 5.69 Å². The van der Waals surface area contributed by atoms with Crippen LogP contribution in [0, 0.1) is 20.8 Å². The number of amides is 1. The molecule has 0 bridgehead atoms. The summed E-state index contributed by atoms with van der Waals surface area (Å²) in [7, 11) is 0. The molecular weight excluding hydrogens is 382 g/mol. The van der Waals surface area contributed by atoms with E-state index in [4.69, 9.17) is 0 Å². The third-order valence-corrected chi connectivity index (χ3v) is 5.88. The molecule has 152 valence electrons. The van der Waals surface area contributed by atoms with Crippen molar-refractivity contribution in [2.75, 3.05) is 5.32 Å². The molecule has 1 aromatic heterocycles. The number of para-hydroxylation sites is 1. The summed E-state index contributed by atoms with van der Waals surface area (Å²) in [6, 6.07) is 12.2. The summed E-state index contributed by atoms with van der Waals surface area (Å²) in [6.45, 7) is 12.2. The number of tetrazole rings is 1. The minimum Gasteiger partial charge on any atom is -0.325 e. The Morgan fingerprint density at radius 1 is 1.07 bits per heavy atom. The summed E-state index contributed by atoms with van der Waals surface area (Å²) in [6.07, 6.45) is 0. The number of nitrogens with zero attached hydrogens (tertiary/aromatic N) is 4. The monoisotopic (exact) mass is 409 g/mol. The zero-order valence-corrected chi connectivity index (χ0v) is 18.5. The zero-order chi connectivity index (χ0) is 21.1. The van der Waals surface area contributed by atoms with Crippen LogP contribution in [-0.2, 0) is 4.79 Å². The van der Waals surface area contributed by atoms with E-state index < -0.39 is 0 Å². The van der Waals surface area contributed by atoms with Crippen LogP contribution in [0.15, 0.2) is 41.6 Å². The third-order valence-electron chi connectivity index (χ3n) is 4.85. The van der Waals surface area contributed by atoms with Gasteiger partial charge in [0.05, 0.1) is 10.9 Å². The quantitative estimate of drug-likeness (QED) is 0.590. The molecule has 29 heavy (non-hydrogen) atoms. The Bertz CT molecular complexity index is 1030. The van der Waals surface area contributed by atoms with Crippen molar-refractivity contribution >= 4 is 23.4 Å². The van der Waals surface area contributed by atoms with Gasteiger partial charge in [-0.05, 0) is 66.8 Å². The van der Waals surface area contributed by atoms with Crippen LogP contribution < -0.4 is 5.32 Å². The molecule has 1 N–H and O–H groups in total. The molecule has 0 saturated carbocycles. The smallest absolute Gasteiger partial charge is 0.237 e. The fraction of sp³-hybridized carbons (Fsp3) is 0.364. The first-order valence-corrected chi connectivity index (χ1v) is 10.6. The molecule has 0 aliphatic heterocycles. The average Bonchev–Trinajstić information content (AvgIpc) is 3.10. The first-order valence-electron chi connectivity index (χ1n) is 9.71. The van der Waals surface area contributed by atoms with E-state index in [1.165, 1.54) is 17.3 Å². The van der Waals surface area contributed by atoms with E-state index in [1.54, 1.807) is 4.68 Å². The minimum atomic E-state index is -0.356. The Morgan fingerprint density at radius 3 is 2.52 bits per heavy atom. The van der Waals surface area contributed by atoms with E-state index in [-0.39, 0.29) is 11.2 Å². The molecule has 1 amide bonds. The molecule has 0 aliphatic carbocycles. The van der Waals surface area contributed by atoms with Crippen LogP contribution in [0.4, 0.5) is 5.69 Å². The van der Waals surface area contributed by atoms with E-state index >= 15 is 0 Å². The molecule has 1 heterocycles. The van der Waals surface area contributed by atoms with E-state index in [0.29, 0.717) is 11.1 Å². The van der Waals surface area contributed by atoms with Crippen molar-refractivity contribution in [3.05, 3.63) is 58.7 Å².